The Labute approximate surface area is 441 Å². The summed E-state index contributed by atoms with van der Waals surface area (Å²) in [6.45, 7) is -0.273. The average Bonchev–Trinajstić information content (AvgIpc) is 4.22. The first kappa shape index (κ1) is 59.2. The number of likely N-dealkylation sites (tertiary alicyclic amines) is 2. The molecule has 25 nitrogen and oxygen atoms in total. The maximum absolute atomic E-state index is 14.1. The van der Waals surface area contributed by atoms with E-state index in [1.165, 1.54) is 9.80 Å². The summed E-state index contributed by atoms with van der Waals surface area (Å²) in [7, 11) is 0. The predicted molar refractivity (Wildman–Crippen MR) is 279 cm³/mol. The van der Waals surface area contributed by atoms with Gasteiger partial charge in [-0.2, -0.15) is 0 Å². The van der Waals surface area contributed by atoms with Crippen molar-refractivity contribution < 1.29 is 53.4 Å². The molecular weight excluding hydrogens is 985 g/mol. The van der Waals surface area contributed by atoms with Crippen LogP contribution in [0.5, 0.6) is 0 Å². The number of hydrazine groups is 1. The maximum atomic E-state index is 14.1. The van der Waals surface area contributed by atoms with Gasteiger partial charge in [0.05, 0.1) is 31.2 Å². The number of carboxylic acid groups (broad SMARTS) is 1. The van der Waals surface area contributed by atoms with Crippen molar-refractivity contribution in [3.05, 3.63) is 71.8 Å². The number of amides is 7. The van der Waals surface area contributed by atoms with Crippen LogP contribution in [-0.2, 0) is 51.2 Å². The number of aliphatic hydroxyl groups excluding tert-OH is 1. The number of benzene rings is 2. The van der Waals surface area contributed by atoms with Gasteiger partial charge in [-0.05, 0) is 81.8 Å². The number of hydrogen-bond donors (Lipinski definition) is 10. The molecule has 0 saturated carbocycles. The largest absolute Gasteiger partial charge is 0.481 e. The lowest BCUT2D eigenvalue weighted by molar-refractivity contribution is -0.147. The third-order valence-electron chi connectivity index (χ3n) is 13.7. The van der Waals surface area contributed by atoms with Crippen LogP contribution in [0, 0.1) is 11.8 Å². The summed E-state index contributed by atoms with van der Waals surface area (Å²) in [5, 5.41) is 30.5. The number of aliphatic hydroxyl groups is 1. The Balaban J connectivity index is 1.21. The molecule has 7 atom stereocenters. The number of Topliss-reactive ketones (excluding diaryl/α,β-unsaturated/α-hetero) is 2. The molecule has 0 spiro atoms. The minimum atomic E-state index is -1.57. The Hall–Kier alpha value is -7.67. The Morgan fingerprint density at radius 3 is 1.83 bits per heavy atom. The number of rotatable bonds is 28. The molecule has 3 aliphatic heterocycles. The number of carboxylic acids is 1. The molecule has 25 heteroatoms. The highest BCUT2D eigenvalue weighted by Crippen LogP contribution is 2.26. The van der Waals surface area contributed by atoms with Gasteiger partial charge in [0.15, 0.2) is 23.5 Å². The van der Waals surface area contributed by atoms with Gasteiger partial charge in [-0.3, -0.25) is 48.3 Å². The van der Waals surface area contributed by atoms with Crippen LogP contribution in [0.4, 0.5) is 4.79 Å². The van der Waals surface area contributed by atoms with Crippen LogP contribution in [0.2, 0.25) is 0 Å². The quantitative estimate of drug-likeness (QED) is 0.0257. The third kappa shape index (κ3) is 17.5. The minimum absolute atomic E-state index is 0.0104. The van der Waals surface area contributed by atoms with Crippen LogP contribution >= 0.6 is 0 Å². The normalized spacial score (nSPS) is 18.1. The molecule has 0 radical (unpaired) electrons. The first-order valence-electron chi connectivity index (χ1n) is 25.8. The van der Waals surface area contributed by atoms with Gasteiger partial charge in [-0.25, -0.2) is 14.8 Å². The molecule has 2 aromatic carbocycles. The van der Waals surface area contributed by atoms with Crippen molar-refractivity contribution in [2.75, 3.05) is 52.4 Å². The van der Waals surface area contributed by atoms with E-state index < -0.39 is 103 Å². The lowest BCUT2D eigenvalue weighted by atomic mass is 9.92. The Kier molecular flexibility index (Phi) is 22.9. The van der Waals surface area contributed by atoms with Crippen LogP contribution in [-0.4, -0.2) is 178 Å². The van der Waals surface area contributed by atoms with Crippen molar-refractivity contribution in [1.29, 1.82) is 0 Å². The van der Waals surface area contributed by atoms with E-state index in [-0.39, 0.29) is 82.0 Å². The second kappa shape index (κ2) is 29.4. The summed E-state index contributed by atoms with van der Waals surface area (Å²) >= 11 is 0. The number of ketones is 2. The molecule has 0 bridgehead atoms. The van der Waals surface area contributed by atoms with Gasteiger partial charge in [0.1, 0.15) is 18.1 Å². The predicted octanol–water partition coefficient (Wildman–Crippen LogP) is -1.76. The zero-order valence-electron chi connectivity index (χ0n) is 42.8. The highest BCUT2D eigenvalue weighted by molar-refractivity contribution is 5.97. The van der Waals surface area contributed by atoms with Crippen LogP contribution in [0.1, 0.15) is 81.8 Å². The van der Waals surface area contributed by atoms with Gasteiger partial charge in [0, 0.05) is 58.0 Å². The molecule has 7 amide bonds. The second-order valence-corrected chi connectivity index (χ2v) is 19.3. The summed E-state index contributed by atoms with van der Waals surface area (Å²) in [5.74, 6) is -7.66. The van der Waals surface area contributed by atoms with Crippen molar-refractivity contribution >= 4 is 65.0 Å². The third-order valence-corrected chi connectivity index (χ3v) is 13.7. The van der Waals surface area contributed by atoms with Crippen LogP contribution in [0.3, 0.4) is 0 Å². The fourth-order valence-electron chi connectivity index (χ4n) is 9.71. The van der Waals surface area contributed by atoms with Crippen molar-refractivity contribution in [2.45, 2.75) is 114 Å². The van der Waals surface area contributed by atoms with Crippen molar-refractivity contribution in [1.82, 2.24) is 35.8 Å². The van der Waals surface area contributed by atoms with Gasteiger partial charge < -0.3 is 64.6 Å². The molecule has 0 unspecified atom stereocenters. The van der Waals surface area contributed by atoms with Crippen molar-refractivity contribution in [3.63, 3.8) is 0 Å². The van der Waals surface area contributed by atoms with E-state index in [9.17, 15) is 53.4 Å². The fraction of sp³-hybridized carbons (Fsp3) is 0.549. The summed E-state index contributed by atoms with van der Waals surface area (Å²) in [5.41, 5.74) is 29.1. The molecule has 0 aliphatic carbocycles. The lowest BCUT2D eigenvalue weighted by Crippen LogP contribution is -2.58. The second-order valence-electron chi connectivity index (χ2n) is 19.3. The number of hydrogen-bond acceptors (Lipinski definition) is 13. The number of aliphatic carboxylic acids is 1. The Bertz CT molecular complexity index is 2400. The first-order valence-corrected chi connectivity index (χ1v) is 25.8. The van der Waals surface area contributed by atoms with E-state index in [4.69, 9.17) is 28.7 Å². The van der Waals surface area contributed by atoms with E-state index in [0.29, 0.717) is 69.2 Å². The number of nitrogens with zero attached hydrogens (tertiary/aromatic N) is 6. The molecule has 3 saturated heterocycles. The molecule has 76 heavy (non-hydrogen) atoms. The van der Waals surface area contributed by atoms with Gasteiger partial charge >= 0.3 is 12.0 Å². The zero-order chi connectivity index (χ0) is 55.3. The van der Waals surface area contributed by atoms with Crippen LogP contribution in [0.25, 0.3) is 0 Å². The molecule has 414 valence electrons. The summed E-state index contributed by atoms with van der Waals surface area (Å²) in [4.78, 5) is 134. The molecule has 3 aliphatic rings. The number of carbonyl (C=O) groups is 9. The monoisotopic (exact) mass is 1060 g/mol. The molecule has 15 N–H and O–H groups in total. The Morgan fingerprint density at radius 1 is 0.645 bits per heavy atom. The lowest BCUT2D eigenvalue weighted by Gasteiger charge is -2.32. The average molecular weight is 1060 g/mol. The molecular formula is C51H74N14O11. The van der Waals surface area contributed by atoms with Crippen molar-refractivity contribution in [2.24, 2.45) is 50.5 Å². The Morgan fingerprint density at radius 2 is 1.22 bits per heavy atom. The number of guanidine groups is 2. The van der Waals surface area contributed by atoms with Crippen LogP contribution in [0.15, 0.2) is 70.6 Å². The minimum Gasteiger partial charge on any atom is -0.481 e. The SMILES string of the molecule is NC(N)=NCCC[C@@H](CC(=O)[C@H](Cc1ccccc1)NC(=O)N1CCCN1C(=O)[C@H](CO)NC(=O)[C@@H](CC(=O)CNC(=O)[C@@H]1CCCN1C(=O)[C@@H]1CCCN1C(=O)[C@@H](N)CCCN=C(N)N)Cc1ccccc1)C(=O)O. The summed E-state index contributed by atoms with van der Waals surface area (Å²) < 4.78 is 0. The topological polar surface area (TPSA) is 398 Å². The van der Waals surface area contributed by atoms with Gasteiger partial charge in [-0.15, -0.1) is 0 Å². The number of nitrogens with two attached hydrogens (primary N) is 5. The first-order chi connectivity index (χ1) is 36.4. The summed E-state index contributed by atoms with van der Waals surface area (Å²) in [6, 6.07) is 11.3. The number of aliphatic imine (C=N–C) groups is 2. The van der Waals surface area contributed by atoms with Crippen LogP contribution < -0.4 is 44.6 Å². The van der Waals surface area contributed by atoms with Gasteiger partial charge in [0.25, 0.3) is 5.91 Å². The highest BCUT2D eigenvalue weighted by Gasteiger charge is 2.43. The fourth-order valence-corrected chi connectivity index (χ4v) is 9.71. The number of nitrogens with one attached hydrogen (secondary N) is 3. The summed E-state index contributed by atoms with van der Waals surface area (Å²) in [6.07, 6.45) is 2.49. The van der Waals surface area contributed by atoms with E-state index in [0.717, 1.165) is 10.0 Å². The highest BCUT2D eigenvalue weighted by atomic mass is 16.4. The molecule has 5 rings (SSSR count). The molecule has 0 aromatic heterocycles. The zero-order valence-corrected chi connectivity index (χ0v) is 42.8. The number of urea groups is 1. The maximum Gasteiger partial charge on any atom is 0.336 e. The molecule has 3 heterocycles. The van der Waals surface area contributed by atoms with E-state index in [2.05, 4.69) is 25.9 Å². The number of carbonyl (C=O) groups excluding carboxylic acids is 8. The molecule has 3 fully saturated rings. The standard InChI is InChI=1S/C51H74N14O11/c52-37(17-8-21-58-50(55)56)45(71)63-23-10-19-41(63)47(73)62-22-9-18-40(62)44(70)59-30-36(67)28-35(26-32-12-3-1-4-13-32)43(69)60-39(31-66)46(72)64-24-11-25-65(64)51(76)61-38(27-33-14-5-2-6-15-33)42(68)29-34(48(74)75)16-7-20-57-49(53)54/h1-6,12-15,34-35,37-41,66H,7-11,16-31,52H2,(H,59,70)(H,60,69)(H,61,76)(H,74,75)(H4,53,54,57)(H4,55,56,58)/t34-,35+,37-,38-,39-,40-,41-/m0/s1. The van der Waals surface area contributed by atoms with Crippen molar-refractivity contribution in [3.8, 4) is 0 Å². The van der Waals surface area contributed by atoms with Gasteiger partial charge in [0.2, 0.25) is 23.6 Å². The van der Waals surface area contributed by atoms with E-state index in [1.807, 2.05) is 0 Å². The van der Waals surface area contributed by atoms with Gasteiger partial charge in [-0.1, -0.05) is 60.7 Å². The molecule has 2 aromatic rings. The smallest absolute Gasteiger partial charge is 0.336 e. The van der Waals surface area contributed by atoms with E-state index >= 15 is 0 Å². The van der Waals surface area contributed by atoms with E-state index in [1.54, 1.807) is 60.7 Å².